The molecule has 1 atom stereocenters. The van der Waals surface area contributed by atoms with Gasteiger partial charge in [0.25, 0.3) is 0 Å². The van der Waals surface area contributed by atoms with Gasteiger partial charge in [-0.05, 0) is 37.7 Å². The summed E-state index contributed by atoms with van der Waals surface area (Å²) >= 11 is 0. The van der Waals surface area contributed by atoms with Crippen LogP contribution < -0.4 is 15.0 Å². The van der Waals surface area contributed by atoms with Crippen LogP contribution in [0.4, 0.5) is 5.69 Å². The maximum absolute atomic E-state index is 5.86. The van der Waals surface area contributed by atoms with E-state index in [4.69, 9.17) is 4.74 Å². The first kappa shape index (κ1) is 15.3. The third-order valence-electron chi connectivity index (χ3n) is 3.44. The SMILES string of the molecule is CCC(NC)c1ccc(Oc2cccc(N(C)C)c2)cn1. The van der Waals surface area contributed by atoms with Crippen molar-refractivity contribution in [1.29, 1.82) is 0 Å². The molecule has 1 aromatic carbocycles. The second-order valence-corrected chi connectivity index (χ2v) is 5.16. The van der Waals surface area contributed by atoms with Crippen LogP contribution in [-0.2, 0) is 0 Å². The molecule has 0 saturated carbocycles. The summed E-state index contributed by atoms with van der Waals surface area (Å²) in [5.41, 5.74) is 2.15. The van der Waals surface area contributed by atoms with Crippen molar-refractivity contribution in [2.24, 2.45) is 0 Å². The molecular weight excluding hydrogens is 262 g/mol. The van der Waals surface area contributed by atoms with E-state index in [0.717, 1.165) is 29.3 Å². The van der Waals surface area contributed by atoms with Crippen LogP contribution in [0.25, 0.3) is 0 Å². The van der Waals surface area contributed by atoms with Gasteiger partial charge in [0, 0.05) is 31.9 Å². The van der Waals surface area contributed by atoms with Gasteiger partial charge in [0.2, 0.25) is 0 Å². The van der Waals surface area contributed by atoms with Gasteiger partial charge in [0.15, 0.2) is 0 Å². The standard InChI is InChI=1S/C17H23N3O/c1-5-16(18-2)17-10-9-15(12-19-17)21-14-8-6-7-13(11-14)20(3)4/h6-12,16,18H,5H2,1-4H3. The lowest BCUT2D eigenvalue weighted by atomic mass is 10.1. The van der Waals surface area contributed by atoms with Crippen LogP contribution in [0.1, 0.15) is 25.1 Å². The molecule has 1 heterocycles. The van der Waals surface area contributed by atoms with Crippen molar-refractivity contribution in [3.8, 4) is 11.5 Å². The van der Waals surface area contributed by atoms with Gasteiger partial charge in [0.05, 0.1) is 11.9 Å². The number of hydrogen-bond acceptors (Lipinski definition) is 4. The molecular formula is C17H23N3O. The lowest BCUT2D eigenvalue weighted by Crippen LogP contribution is -2.16. The van der Waals surface area contributed by atoms with Gasteiger partial charge in [-0.1, -0.05) is 13.0 Å². The minimum absolute atomic E-state index is 0.288. The summed E-state index contributed by atoms with van der Waals surface area (Å²) in [5, 5.41) is 3.25. The Morgan fingerprint density at radius 1 is 1.19 bits per heavy atom. The van der Waals surface area contributed by atoms with Gasteiger partial charge in [0.1, 0.15) is 11.5 Å². The molecule has 1 N–H and O–H groups in total. The van der Waals surface area contributed by atoms with Gasteiger partial charge in [-0.3, -0.25) is 4.98 Å². The Bertz CT molecular complexity index is 563. The molecule has 1 unspecified atom stereocenters. The van der Waals surface area contributed by atoms with E-state index in [9.17, 15) is 0 Å². The summed E-state index contributed by atoms with van der Waals surface area (Å²) in [6, 6.07) is 12.3. The molecule has 2 aromatic rings. The van der Waals surface area contributed by atoms with Crippen molar-refractivity contribution < 1.29 is 4.74 Å². The molecule has 0 bridgehead atoms. The molecule has 1 aromatic heterocycles. The van der Waals surface area contributed by atoms with Crippen LogP contribution in [0.3, 0.4) is 0 Å². The molecule has 0 saturated heterocycles. The van der Waals surface area contributed by atoms with E-state index in [-0.39, 0.29) is 6.04 Å². The monoisotopic (exact) mass is 285 g/mol. The summed E-state index contributed by atoms with van der Waals surface area (Å²) in [6.45, 7) is 2.14. The lowest BCUT2D eigenvalue weighted by Gasteiger charge is -2.15. The summed E-state index contributed by atoms with van der Waals surface area (Å²) in [7, 11) is 5.98. The van der Waals surface area contributed by atoms with E-state index >= 15 is 0 Å². The lowest BCUT2D eigenvalue weighted by molar-refractivity contribution is 0.477. The zero-order valence-electron chi connectivity index (χ0n) is 13.1. The smallest absolute Gasteiger partial charge is 0.145 e. The predicted octanol–water partition coefficient (Wildman–Crippen LogP) is 3.61. The third kappa shape index (κ3) is 3.95. The Kier molecular flexibility index (Phi) is 5.17. The quantitative estimate of drug-likeness (QED) is 0.879. The van der Waals surface area contributed by atoms with Crippen molar-refractivity contribution in [3.63, 3.8) is 0 Å². The highest BCUT2D eigenvalue weighted by Crippen LogP contribution is 2.25. The number of hydrogen-bond donors (Lipinski definition) is 1. The fraction of sp³-hybridized carbons (Fsp3) is 0.353. The molecule has 21 heavy (non-hydrogen) atoms. The fourth-order valence-electron chi connectivity index (χ4n) is 2.18. The highest BCUT2D eigenvalue weighted by atomic mass is 16.5. The second-order valence-electron chi connectivity index (χ2n) is 5.16. The molecule has 0 aliphatic carbocycles. The fourth-order valence-corrected chi connectivity index (χ4v) is 2.18. The van der Waals surface area contributed by atoms with Crippen molar-refractivity contribution in [2.75, 3.05) is 26.0 Å². The molecule has 112 valence electrons. The van der Waals surface area contributed by atoms with Gasteiger partial charge >= 0.3 is 0 Å². The normalized spacial score (nSPS) is 12.0. The van der Waals surface area contributed by atoms with Crippen LogP contribution in [0.15, 0.2) is 42.6 Å². The maximum atomic E-state index is 5.86. The molecule has 0 radical (unpaired) electrons. The Morgan fingerprint density at radius 3 is 2.57 bits per heavy atom. The molecule has 2 rings (SSSR count). The first-order chi connectivity index (χ1) is 10.1. The minimum Gasteiger partial charge on any atom is -0.456 e. The van der Waals surface area contributed by atoms with Crippen LogP contribution in [0.5, 0.6) is 11.5 Å². The zero-order valence-corrected chi connectivity index (χ0v) is 13.1. The van der Waals surface area contributed by atoms with Gasteiger partial charge < -0.3 is 15.0 Å². The Balaban J connectivity index is 2.11. The van der Waals surface area contributed by atoms with E-state index in [1.165, 1.54) is 0 Å². The minimum atomic E-state index is 0.288. The van der Waals surface area contributed by atoms with Crippen LogP contribution in [-0.4, -0.2) is 26.1 Å². The molecule has 0 fully saturated rings. The number of nitrogens with one attached hydrogen (secondary N) is 1. The number of nitrogens with zero attached hydrogens (tertiary/aromatic N) is 2. The number of pyridine rings is 1. The average molecular weight is 285 g/mol. The molecule has 4 heteroatoms. The van der Waals surface area contributed by atoms with Crippen LogP contribution in [0.2, 0.25) is 0 Å². The number of benzene rings is 1. The van der Waals surface area contributed by atoms with Crippen molar-refractivity contribution in [1.82, 2.24) is 10.3 Å². The zero-order chi connectivity index (χ0) is 15.2. The first-order valence-electron chi connectivity index (χ1n) is 7.22. The molecule has 0 amide bonds. The van der Waals surface area contributed by atoms with Crippen LogP contribution in [0, 0.1) is 0 Å². The summed E-state index contributed by atoms with van der Waals surface area (Å²) in [5.74, 6) is 1.57. The Morgan fingerprint density at radius 2 is 2.00 bits per heavy atom. The van der Waals surface area contributed by atoms with Crippen molar-refractivity contribution in [3.05, 3.63) is 48.3 Å². The predicted molar refractivity (Wildman–Crippen MR) is 87.2 cm³/mol. The number of ether oxygens (including phenoxy) is 1. The summed E-state index contributed by atoms with van der Waals surface area (Å²) in [6.07, 6.45) is 2.78. The molecule has 0 aliphatic rings. The van der Waals surface area contributed by atoms with Gasteiger partial charge in [-0.25, -0.2) is 0 Å². The van der Waals surface area contributed by atoms with E-state index in [1.54, 1.807) is 6.20 Å². The number of anilines is 1. The second kappa shape index (κ2) is 7.09. The van der Waals surface area contributed by atoms with Crippen molar-refractivity contribution >= 4 is 5.69 Å². The largest absolute Gasteiger partial charge is 0.456 e. The molecule has 4 nitrogen and oxygen atoms in total. The maximum Gasteiger partial charge on any atom is 0.145 e. The van der Waals surface area contributed by atoms with E-state index in [2.05, 4.69) is 17.2 Å². The summed E-state index contributed by atoms with van der Waals surface area (Å²) in [4.78, 5) is 6.53. The Hall–Kier alpha value is -2.07. The highest BCUT2D eigenvalue weighted by molar-refractivity contribution is 5.50. The highest BCUT2D eigenvalue weighted by Gasteiger charge is 2.08. The average Bonchev–Trinajstić information content (AvgIpc) is 2.50. The Labute approximate surface area is 126 Å². The molecule has 0 spiro atoms. The van der Waals surface area contributed by atoms with Gasteiger partial charge in [-0.15, -0.1) is 0 Å². The van der Waals surface area contributed by atoms with Gasteiger partial charge in [-0.2, -0.15) is 0 Å². The number of rotatable bonds is 6. The van der Waals surface area contributed by atoms with E-state index < -0.39 is 0 Å². The third-order valence-corrected chi connectivity index (χ3v) is 3.44. The van der Waals surface area contributed by atoms with E-state index in [0.29, 0.717) is 0 Å². The molecule has 0 aliphatic heterocycles. The number of aromatic nitrogens is 1. The first-order valence-corrected chi connectivity index (χ1v) is 7.22. The summed E-state index contributed by atoms with van der Waals surface area (Å²) < 4.78 is 5.86. The van der Waals surface area contributed by atoms with Crippen molar-refractivity contribution in [2.45, 2.75) is 19.4 Å². The topological polar surface area (TPSA) is 37.4 Å². The van der Waals surface area contributed by atoms with Crippen LogP contribution >= 0.6 is 0 Å². The van der Waals surface area contributed by atoms with E-state index in [1.807, 2.05) is 62.4 Å².